The Kier molecular flexibility index (Phi) is 6.89. The van der Waals surface area contributed by atoms with E-state index < -0.39 is 0 Å². The highest BCUT2D eigenvalue weighted by Crippen LogP contribution is 2.30. The van der Waals surface area contributed by atoms with Crippen LogP contribution >= 0.6 is 11.6 Å². The van der Waals surface area contributed by atoms with Crippen LogP contribution < -0.4 is 10.1 Å². The lowest BCUT2D eigenvalue weighted by atomic mass is 10.1. The number of nitrogens with one attached hydrogen (secondary N) is 1. The van der Waals surface area contributed by atoms with Gasteiger partial charge in [-0.25, -0.2) is 0 Å². The first-order chi connectivity index (χ1) is 15.2. The van der Waals surface area contributed by atoms with E-state index in [0.29, 0.717) is 23.9 Å². The molecular weight excluding hydrogens is 414 g/mol. The van der Waals surface area contributed by atoms with Crippen LogP contribution in [0, 0.1) is 0 Å². The van der Waals surface area contributed by atoms with Crippen LogP contribution in [-0.2, 0) is 0 Å². The summed E-state index contributed by atoms with van der Waals surface area (Å²) < 4.78 is 10.9. The Hall–Kier alpha value is -2.83. The molecule has 3 aromatic rings. The topological polar surface area (TPSA) is 67.6 Å². The van der Waals surface area contributed by atoms with Crippen molar-refractivity contribution in [1.82, 2.24) is 15.4 Å². The van der Waals surface area contributed by atoms with Gasteiger partial charge in [-0.1, -0.05) is 35.0 Å². The van der Waals surface area contributed by atoms with E-state index in [2.05, 4.69) is 15.4 Å². The third-order valence-electron chi connectivity index (χ3n) is 5.49. The maximum absolute atomic E-state index is 12.8. The standard InChI is InChI=1S/C24H26ClN3O3/c1-2-30-18-11-9-17(10-12-18)23-15-21(27-31-23)24(29)26-16-22(28-13-5-6-14-28)19-7-3-4-8-20(19)25/h3-4,7-12,15,22H,2,5-6,13-14,16H2,1H3,(H,26,29)/t22-/m1/s1. The van der Waals surface area contributed by atoms with Crippen molar-refractivity contribution in [3.05, 3.63) is 70.9 Å². The fraction of sp³-hybridized carbons (Fsp3) is 0.333. The van der Waals surface area contributed by atoms with Crippen LogP contribution in [0.3, 0.4) is 0 Å². The van der Waals surface area contributed by atoms with Gasteiger partial charge < -0.3 is 14.6 Å². The van der Waals surface area contributed by atoms with Crippen LogP contribution in [0.4, 0.5) is 0 Å². The van der Waals surface area contributed by atoms with E-state index in [1.165, 1.54) is 0 Å². The Balaban J connectivity index is 1.44. The zero-order chi connectivity index (χ0) is 21.6. The highest BCUT2D eigenvalue weighted by atomic mass is 35.5. The summed E-state index contributed by atoms with van der Waals surface area (Å²) in [5, 5.41) is 7.69. The number of hydrogen-bond acceptors (Lipinski definition) is 5. The van der Waals surface area contributed by atoms with Crippen molar-refractivity contribution in [2.24, 2.45) is 0 Å². The van der Waals surface area contributed by atoms with Crippen molar-refractivity contribution >= 4 is 17.5 Å². The Morgan fingerprint density at radius 3 is 2.65 bits per heavy atom. The van der Waals surface area contributed by atoms with Crippen molar-refractivity contribution in [1.29, 1.82) is 0 Å². The highest BCUT2D eigenvalue weighted by Gasteiger charge is 2.26. The molecule has 31 heavy (non-hydrogen) atoms. The average molecular weight is 440 g/mol. The molecule has 0 aliphatic carbocycles. The van der Waals surface area contributed by atoms with Crippen molar-refractivity contribution < 1.29 is 14.1 Å². The maximum atomic E-state index is 12.8. The molecule has 162 valence electrons. The number of amides is 1. The molecule has 1 amide bonds. The molecule has 0 saturated carbocycles. The highest BCUT2D eigenvalue weighted by molar-refractivity contribution is 6.31. The number of rotatable bonds is 8. The van der Waals surface area contributed by atoms with E-state index in [4.69, 9.17) is 20.9 Å². The van der Waals surface area contributed by atoms with Gasteiger partial charge in [-0.3, -0.25) is 9.69 Å². The van der Waals surface area contributed by atoms with Gasteiger partial charge in [0.05, 0.1) is 12.6 Å². The molecule has 0 unspecified atom stereocenters. The summed E-state index contributed by atoms with van der Waals surface area (Å²) in [5.74, 6) is 1.06. The molecule has 2 heterocycles. The maximum Gasteiger partial charge on any atom is 0.273 e. The monoisotopic (exact) mass is 439 g/mol. The van der Waals surface area contributed by atoms with Crippen molar-refractivity contribution in [3.63, 3.8) is 0 Å². The number of aromatic nitrogens is 1. The summed E-state index contributed by atoms with van der Waals surface area (Å²) in [4.78, 5) is 15.1. The molecule has 0 spiro atoms. The van der Waals surface area contributed by atoms with Gasteiger partial charge in [0.15, 0.2) is 11.5 Å². The molecule has 2 aromatic carbocycles. The molecule has 6 nitrogen and oxygen atoms in total. The number of hydrogen-bond donors (Lipinski definition) is 1. The van der Waals surface area contributed by atoms with Crippen LogP contribution in [0.25, 0.3) is 11.3 Å². The molecule has 1 aromatic heterocycles. The molecule has 1 N–H and O–H groups in total. The quantitative estimate of drug-likeness (QED) is 0.537. The van der Waals surface area contributed by atoms with Crippen LogP contribution in [0.15, 0.2) is 59.1 Å². The summed E-state index contributed by atoms with van der Waals surface area (Å²) in [6.07, 6.45) is 2.31. The molecule has 4 rings (SSSR count). The SMILES string of the molecule is CCOc1ccc(-c2cc(C(=O)NC[C@H](c3ccccc3Cl)N3CCCC3)no2)cc1. The third-order valence-corrected chi connectivity index (χ3v) is 5.84. The summed E-state index contributed by atoms with van der Waals surface area (Å²) >= 11 is 6.46. The predicted molar refractivity (Wildman–Crippen MR) is 120 cm³/mol. The van der Waals surface area contributed by atoms with E-state index >= 15 is 0 Å². The van der Waals surface area contributed by atoms with Crippen molar-refractivity contribution in [2.75, 3.05) is 26.2 Å². The van der Waals surface area contributed by atoms with E-state index in [0.717, 1.165) is 42.8 Å². The first-order valence-corrected chi connectivity index (χ1v) is 11.0. The van der Waals surface area contributed by atoms with Crippen molar-refractivity contribution in [3.8, 4) is 17.1 Å². The third kappa shape index (κ3) is 5.09. The minimum atomic E-state index is -0.266. The minimum Gasteiger partial charge on any atom is -0.494 e. The number of carbonyl (C=O) groups is 1. The van der Waals surface area contributed by atoms with E-state index in [1.54, 1.807) is 6.07 Å². The number of likely N-dealkylation sites (tertiary alicyclic amines) is 1. The van der Waals surface area contributed by atoms with Gasteiger partial charge >= 0.3 is 0 Å². The Morgan fingerprint density at radius 1 is 1.19 bits per heavy atom. The molecule has 1 aliphatic rings. The molecule has 0 radical (unpaired) electrons. The number of carbonyl (C=O) groups excluding carboxylic acids is 1. The fourth-order valence-corrected chi connectivity index (χ4v) is 4.18. The largest absolute Gasteiger partial charge is 0.494 e. The van der Waals surface area contributed by atoms with Crippen molar-refractivity contribution in [2.45, 2.75) is 25.8 Å². The van der Waals surface area contributed by atoms with Gasteiger partial charge in [-0.15, -0.1) is 0 Å². The lowest BCUT2D eigenvalue weighted by Crippen LogP contribution is -2.37. The fourth-order valence-electron chi connectivity index (χ4n) is 3.91. The number of halogens is 1. The second-order valence-electron chi connectivity index (χ2n) is 7.52. The van der Waals surface area contributed by atoms with Crippen LogP contribution in [0.1, 0.15) is 41.9 Å². The molecule has 0 bridgehead atoms. The molecular formula is C24H26ClN3O3. The summed E-state index contributed by atoms with van der Waals surface area (Å²) in [6, 6.07) is 17.0. The van der Waals surface area contributed by atoms with E-state index in [9.17, 15) is 4.79 Å². The second kappa shape index (κ2) is 9.98. The number of benzene rings is 2. The van der Waals surface area contributed by atoms with Gasteiger partial charge in [0.2, 0.25) is 0 Å². The first-order valence-electron chi connectivity index (χ1n) is 10.6. The molecule has 1 atom stereocenters. The first kappa shape index (κ1) is 21.4. The molecule has 1 aliphatic heterocycles. The summed E-state index contributed by atoms with van der Waals surface area (Å²) in [7, 11) is 0. The van der Waals surface area contributed by atoms with Gasteiger partial charge in [-0.2, -0.15) is 0 Å². The Bertz CT molecular complexity index is 1010. The lowest BCUT2D eigenvalue weighted by molar-refractivity contribution is 0.0929. The zero-order valence-electron chi connectivity index (χ0n) is 17.5. The average Bonchev–Trinajstić information content (AvgIpc) is 3.48. The Labute approximate surface area is 187 Å². The molecule has 1 fully saturated rings. The smallest absolute Gasteiger partial charge is 0.273 e. The van der Waals surface area contributed by atoms with E-state index in [-0.39, 0.29) is 17.6 Å². The van der Waals surface area contributed by atoms with Gasteiger partial charge in [0.1, 0.15) is 5.75 Å². The number of nitrogens with zero attached hydrogens (tertiary/aromatic N) is 2. The Morgan fingerprint density at radius 2 is 1.94 bits per heavy atom. The molecule has 1 saturated heterocycles. The minimum absolute atomic E-state index is 0.0256. The van der Waals surface area contributed by atoms with Crippen LogP contribution in [-0.4, -0.2) is 42.2 Å². The lowest BCUT2D eigenvalue weighted by Gasteiger charge is -2.28. The predicted octanol–water partition coefficient (Wildman–Crippen LogP) is 4.96. The van der Waals surface area contributed by atoms with Gasteiger partial charge in [0.25, 0.3) is 5.91 Å². The second-order valence-corrected chi connectivity index (χ2v) is 7.93. The zero-order valence-corrected chi connectivity index (χ0v) is 18.3. The summed E-state index contributed by atoms with van der Waals surface area (Å²) in [5.41, 5.74) is 2.12. The van der Waals surface area contributed by atoms with Gasteiger partial charge in [0, 0.05) is 23.2 Å². The molecule has 7 heteroatoms. The number of ether oxygens (including phenoxy) is 1. The van der Waals surface area contributed by atoms with Crippen LogP contribution in [0.2, 0.25) is 5.02 Å². The summed E-state index contributed by atoms with van der Waals surface area (Å²) in [6.45, 7) is 5.00. The van der Waals surface area contributed by atoms with Gasteiger partial charge in [-0.05, 0) is 68.8 Å². The normalized spacial score (nSPS) is 15.0. The van der Waals surface area contributed by atoms with Crippen LogP contribution in [0.5, 0.6) is 5.75 Å². The van der Waals surface area contributed by atoms with E-state index in [1.807, 2.05) is 55.5 Å².